The van der Waals surface area contributed by atoms with E-state index >= 15 is 0 Å². The van der Waals surface area contributed by atoms with Gasteiger partial charge >= 0.3 is 0 Å². The summed E-state index contributed by atoms with van der Waals surface area (Å²) in [6, 6.07) is 8.52. The van der Waals surface area contributed by atoms with Crippen LogP contribution in [0.3, 0.4) is 0 Å². The van der Waals surface area contributed by atoms with Gasteiger partial charge in [-0.2, -0.15) is 4.57 Å². The lowest BCUT2D eigenvalue weighted by molar-refractivity contribution is -0.738. The predicted octanol–water partition coefficient (Wildman–Crippen LogP) is 5.85. The predicted molar refractivity (Wildman–Crippen MR) is 104 cm³/mol. The van der Waals surface area contributed by atoms with Crippen molar-refractivity contribution in [3.05, 3.63) is 47.0 Å². The Hall–Kier alpha value is -1.57. The van der Waals surface area contributed by atoms with Crippen molar-refractivity contribution in [3.63, 3.8) is 0 Å². The van der Waals surface area contributed by atoms with Gasteiger partial charge in [0.25, 0.3) is 5.82 Å². The highest BCUT2D eigenvalue weighted by molar-refractivity contribution is 5.43. The normalized spacial score (nSPS) is 21.9. The molecule has 0 atom stereocenters. The van der Waals surface area contributed by atoms with E-state index in [4.69, 9.17) is 4.11 Å². The zero-order valence-electron chi connectivity index (χ0n) is 18.7. The summed E-state index contributed by atoms with van der Waals surface area (Å²) in [5, 5.41) is 0. The Morgan fingerprint density at radius 3 is 2.32 bits per heavy atom. The highest BCUT2D eigenvalue weighted by atomic mass is 15.2. The van der Waals surface area contributed by atoms with E-state index in [0.717, 1.165) is 29.8 Å². The van der Waals surface area contributed by atoms with E-state index in [1.54, 1.807) is 0 Å². The van der Waals surface area contributed by atoms with Gasteiger partial charge in [-0.15, -0.1) is 0 Å². The van der Waals surface area contributed by atoms with Crippen LogP contribution in [0, 0.1) is 20.7 Å². The summed E-state index contributed by atoms with van der Waals surface area (Å²) in [6.07, 6.45) is 10.8. The van der Waals surface area contributed by atoms with E-state index in [1.165, 1.54) is 50.6 Å². The van der Waals surface area contributed by atoms with Gasteiger partial charge in [-0.3, -0.25) is 0 Å². The third-order valence-electron chi connectivity index (χ3n) is 6.44. The summed E-state index contributed by atoms with van der Waals surface area (Å²) in [6.45, 7) is 2.09. The first-order chi connectivity index (χ1) is 13.4. The topological polar surface area (TPSA) is 8.81 Å². The van der Waals surface area contributed by atoms with Crippen LogP contribution in [0.4, 0.5) is 0 Å². The molecular formula is C23H33N2+. The molecular weight excluding hydrogens is 304 g/mol. The first kappa shape index (κ1) is 13.6. The molecule has 2 nitrogen and oxygen atoms in total. The van der Waals surface area contributed by atoms with Crippen molar-refractivity contribution >= 4 is 0 Å². The largest absolute Gasteiger partial charge is 0.259 e. The van der Waals surface area contributed by atoms with Gasteiger partial charge < -0.3 is 0 Å². The second-order valence-electron chi connectivity index (χ2n) is 8.06. The Morgan fingerprint density at radius 2 is 1.64 bits per heavy atom. The molecule has 0 N–H and O–H groups in total. The molecule has 0 saturated heterocycles. The Kier molecular flexibility index (Phi) is 3.80. The number of imidazole rings is 1. The molecule has 2 saturated carbocycles. The monoisotopic (exact) mass is 340 g/mol. The smallest absolute Gasteiger partial charge is 0.228 e. The van der Waals surface area contributed by atoms with Gasteiger partial charge in [0.05, 0.1) is 0 Å². The fourth-order valence-electron chi connectivity index (χ4n) is 5.18. The molecule has 2 aliphatic rings. The van der Waals surface area contributed by atoms with E-state index in [1.807, 2.05) is 12.1 Å². The first-order valence-corrected chi connectivity index (χ1v) is 10.1. The molecule has 2 aliphatic carbocycles. The van der Waals surface area contributed by atoms with Gasteiger partial charge in [0, 0.05) is 23.8 Å². The molecule has 25 heavy (non-hydrogen) atoms. The average Bonchev–Trinajstić information content (AvgIpc) is 3.28. The average molecular weight is 341 g/mol. The standard InChI is InChI=1S/C23H33N2/c1-17-11-7-10-16-22(17)24-18(2)23(20-12-8-9-13-20)25(19(24)3)21-14-5-4-6-15-21/h7,10-11,16,20-21H,4-6,8-9,12-15H2,1-3H3/q+1/i3D3. The molecule has 0 aliphatic heterocycles. The summed E-state index contributed by atoms with van der Waals surface area (Å²) in [5.74, 6) is 1.02. The van der Waals surface area contributed by atoms with Gasteiger partial charge in [0.2, 0.25) is 0 Å². The number of aryl methyl sites for hydroxylation is 1. The number of hydrogen-bond donors (Lipinski definition) is 0. The quantitative estimate of drug-likeness (QED) is 0.619. The zero-order chi connectivity index (χ0) is 19.9. The Morgan fingerprint density at radius 1 is 0.960 bits per heavy atom. The molecule has 0 bridgehead atoms. The Labute approximate surface area is 157 Å². The first-order valence-electron chi connectivity index (χ1n) is 11.6. The summed E-state index contributed by atoms with van der Waals surface area (Å²) in [5.41, 5.74) is 4.58. The Balaban J connectivity index is 2.01. The van der Waals surface area contributed by atoms with E-state index in [-0.39, 0.29) is 0 Å². The number of para-hydroxylation sites is 1. The fraction of sp³-hybridized carbons (Fsp3) is 0.609. The zero-order valence-corrected chi connectivity index (χ0v) is 15.7. The number of aromatic nitrogens is 2. The molecule has 1 aromatic carbocycles. The molecule has 0 radical (unpaired) electrons. The Bertz CT molecular complexity index is 838. The molecule has 0 unspecified atom stereocenters. The molecule has 134 valence electrons. The lowest BCUT2D eigenvalue weighted by Gasteiger charge is -2.22. The van der Waals surface area contributed by atoms with Gasteiger partial charge in [-0.25, -0.2) is 4.57 Å². The summed E-state index contributed by atoms with van der Waals surface area (Å²) < 4.78 is 29.8. The van der Waals surface area contributed by atoms with Crippen molar-refractivity contribution in [1.82, 2.24) is 4.57 Å². The van der Waals surface area contributed by atoms with Crippen molar-refractivity contribution in [2.24, 2.45) is 0 Å². The van der Waals surface area contributed by atoms with E-state index in [0.29, 0.717) is 17.8 Å². The van der Waals surface area contributed by atoms with Crippen LogP contribution >= 0.6 is 0 Å². The highest BCUT2D eigenvalue weighted by Gasteiger charge is 2.37. The molecule has 2 heteroatoms. The molecule has 1 heterocycles. The van der Waals surface area contributed by atoms with Gasteiger partial charge in [-0.1, -0.05) is 37.5 Å². The van der Waals surface area contributed by atoms with Crippen molar-refractivity contribution < 1.29 is 8.68 Å². The summed E-state index contributed by atoms with van der Waals surface area (Å²) >= 11 is 0. The maximum Gasteiger partial charge on any atom is 0.259 e. The number of nitrogens with zero attached hydrogens (tertiary/aromatic N) is 2. The van der Waals surface area contributed by atoms with Crippen LogP contribution in [-0.4, -0.2) is 4.57 Å². The molecule has 2 aromatic rings. The molecule has 1 aromatic heterocycles. The van der Waals surface area contributed by atoms with Crippen molar-refractivity contribution in [3.8, 4) is 5.69 Å². The van der Waals surface area contributed by atoms with Gasteiger partial charge in [-0.05, 0) is 57.1 Å². The third kappa shape index (κ3) is 2.94. The van der Waals surface area contributed by atoms with Gasteiger partial charge in [0.1, 0.15) is 23.1 Å². The van der Waals surface area contributed by atoms with E-state index < -0.39 is 6.85 Å². The number of benzene rings is 1. The van der Waals surface area contributed by atoms with Crippen LogP contribution in [0.15, 0.2) is 24.3 Å². The minimum absolute atomic E-state index is 0.323. The minimum atomic E-state index is -2.14. The van der Waals surface area contributed by atoms with Crippen LogP contribution in [0.25, 0.3) is 5.69 Å². The molecule has 2 fully saturated rings. The maximum absolute atomic E-state index is 8.47. The van der Waals surface area contributed by atoms with Crippen LogP contribution < -0.4 is 4.57 Å². The lowest BCUT2D eigenvalue weighted by atomic mass is 9.93. The van der Waals surface area contributed by atoms with Crippen molar-refractivity contribution in [1.29, 1.82) is 0 Å². The van der Waals surface area contributed by atoms with Crippen molar-refractivity contribution in [2.75, 3.05) is 0 Å². The van der Waals surface area contributed by atoms with Crippen LogP contribution in [0.1, 0.15) is 96.6 Å². The summed E-state index contributed by atoms with van der Waals surface area (Å²) in [4.78, 5) is 0. The second-order valence-corrected chi connectivity index (χ2v) is 8.06. The molecule has 4 rings (SSSR count). The van der Waals surface area contributed by atoms with Gasteiger partial charge in [0.15, 0.2) is 0 Å². The SMILES string of the molecule is [2H]C([2H])([2H])c1n(-c2ccccc2C)c(C)c(C2CCCC2)[n+]1C1CCCCC1. The highest BCUT2D eigenvalue weighted by Crippen LogP contribution is 2.37. The summed E-state index contributed by atoms with van der Waals surface area (Å²) in [7, 11) is 0. The van der Waals surface area contributed by atoms with Crippen LogP contribution in [0.2, 0.25) is 0 Å². The second kappa shape index (κ2) is 6.97. The third-order valence-corrected chi connectivity index (χ3v) is 6.44. The number of hydrogen-bond acceptors (Lipinski definition) is 0. The maximum atomic E-state index is 8.47. The molecule has 0 amide bonds. The minimum Gasteiger partial charge on any atom is -0.228 e. The van der Waals surface area contributed by atoms with Crippen LogP contribution in [-0.2, 0) is 0 Å². The lowest BCUT2D eigenvalue weighted by Crippen LogP contribution is -2.46. The van der Waals surface area contributed by atoms with Crippen molar-refractivity contribution in [2.45, 2.75) is 90.4 Å². The van der Waals surface area contributed by atoms with E-state index in [9.17, 15) is 0 Å². The fourth-order valence-corrected chi connectivity index (χ4v) is 5.18. The van der Waals surface area contributed by atoms with Crippen LogP contribution in [0.5, 0.6) is 0 Å². The number of rotatable bonds is 3. The van der Waals surface area contributed by atoms with E-state index in [2.05, 4.69) is 35.1 Å². The molecule has 0 spiro atoms.